The van der Waals surface area contributed by atoms with Gasteiger partial charge in [-0.1, -0.05) is 17.7 Å². The van der Waals surface area contributed by atoms with E-state index >= 15 is 0 Å². The second-order valence-corrected chi connectivity index (χ2v) is 6.73. The maximum Gasteiger partial charge on any atom is 0.262 e. The number of hydrogen-bond acceptors (Lipinski definition) is 4. The summed E-state index contributed by atoms with van der Waals surface area (Å²) in [6.07, 6.45) is 1.48. The standard InChI is InChI=1S/C12H10BrClN2O3S/c1-19-9-3-2-4-10(6-9)20(17,18)16-11-5-8(13)7-15-12(11)14/h2-7,16H,1H3. The van der Waals surface area contributed by atoms with Gasteiger partial charge in [0.2, 0.25) is 0 Å². The Morgan fingerprint density at radius 2 is 2.10 bits per heavy atom. The number of aromatic nitrogens is 1. The number of methoxy groups -OCH3 is 1. The van der Waals surface area contributed by atoms with E-state index in [0.29, 0.717) is 10.2 Å². The van der Waals surface area contributed by atoms with Gasteiger partial charge < -0.3 is 4.74 Å². The van der Waals surface area contributed by atoms with Crippen LogP contribution in [0.25, 0.3) is 0 Å². The van der Waals surface area contributed by atoms with Crippen molar-refractivity contribution in [3.05, 3.63) is 46.2 Å². The average Bonchev–Trinajstić information content (AvgIpc) is 2.43. The van der Waals surface area contributed by atoms with Crippen molar-refractivity contribution in [2.45, 2.75) is 4.90 Å². The summed E-state index contributed by atoms with van der Waals surface area (Å²) in [7, 11) is -2.29. The third kappa shape index (κ3) is 3.41. The Hall–Kier alpha value is -1.31. The topological polar surface area (TPSA) is 68.3 Å². The fourth-order valence-corrected chi connectivity index (χ4v) is 3.10. The lowest BCUT2D eigenvalue weighted by Crippen LogP contribution is -2.13. The van der Waals surface area contributed by atoms with Crippen molar-refractivity contribution in [3.63, 3.8) is 0 Å². The number of anilines is 1. The summed E-state index contributed by atoms with van der Waals surface area (Å²) in [5.74, 6) is 0.450. The molecule has 20 heavy (non-hydrogen) atoms. The lowest BCUT2D eigenvalue weighted by atomic mass is 10.3. The molecule has 1 aromatic heterocycles. The molecule has 0 spiro atoms. The molecule has 0 atom stereocenters. The van der Waals surface area contributed by atoms with E-state index in [1.54, 1.807) is 12.1 Å². The quantitative estimate of drug-likeness (QED) is 0.830. The van der Waals surface area contributed by atoms with Gasteiger partial charge in [0, 0.05) is 16.7 Å². The fraction of sp³-hybridized carbons (Fsp3) is 0.0833. The van der Waals surface area contributed by atoms with Gasteiger partial charge in [-0.15, -0.1) is 0 Å². The van der Waals surface area contributed by atoms with E-state index in [1.165, 1.54) is 31.5 Å². The molecule has 0 saturated heterocycles. The van der Waals surface area contributed by atoms with E-state index < -0.39 is 10.0 Å². The lowest BCUT2D eigenvalue weighted by molar-refractivity contribution is 0.413. The molecule has 1 aromatic carbocycles. The second-order valence-electron chi connectivity index (χ2n) is 3.78. The predicted octanol–water partition coefficient (Wildman–Crippen LogP) is 3.31. The van der Waals surface area contributed by atoms with Gasteiger partial charge in [-0.05, 0) is 34.1 Å². The van der Waals surface area contributed by atoms with E-state index in [9.17, 15) is 8.42 Å². The highest BCUT2D eigenvalue weighted by Gasteiger charge is 2.17. The zero-order chi connectivity index (χ0) is 14.8. The summed E-state index contributed by atoms with van der Waals surface area (Å²) < 4.78 is 32.5. The predicted molar refractivity (Wildman–Crippen MR) is 80.7 cm³/mol. The molecule has 2 rings (SSSR count). The molecule has 1 heterocycles. The zero-order valence-electron chi connectivity index (χ0n) is 10.3. The summed E-state index contributed by atoms with van der Waals surface area (Å²) in [5, 5.41) is 0.0691. The Labute approximate surface area is 130 Å². The minimum Gasteiger partial charge on any atom is -0.497 e. The van der Waals surface area contributed by atoms with Crippen molar-refractivity contribution in [2.75, 3.05) is 11.8 Å². The van der Waals surface area contributed by atoms with Crippen LogP contribution < -0.4 is 9.46 Å². The monoisotopic (exact) mass is 376 g/mol. The molecule has 0 aliphatic carbocycles. The summed E-state index contributed by atoms with van der Waals surface area (Å²) in [5.41, 5.74) is 0.198. The van der Waals surface area contributed by atoms with Crippen LogP contribution in [0.2, 0.25) is 5.15 Å². The first kappa shape index (κ1) is 15.1. The lowest BCUT2D eigenvalue weighted by Gasteiger charge is -2.10. The third-order valence-electron chi connectivity index (χ3n) is 2.40. The number of nitrogens with one attached hydrogen (secondary N) is 1. The van der Waals surface area contributed by atoms with Crippen LogP contribution in [0.5, 0.6) is 5.75 Å². The molecule has 2 aromatic rings. The molecule has 106 valence electrons. The van der Waals surface area contributed by atoms with Crippen LogP contribution in [0.1, 0.15) is 0 Å². The summed E-state index contributed by atoms with van der Waals surface area (Å²) in [6.45, 7) is 0. The van der Waals surface area contributed by atoms with Crippen molar-refractivity contribution < 1.29 is 13.2 Å². The van der Waals surface area contributed by atoms with Crippen LogP contribution in [0.15, 0.2) is 45.9 Å². The maximum atomic E-state index is 12.3. The number of rotatable bonds is 4. The first-order chi connectivity index (χ1) is 9.42. The van der Waals surface area contributed by atoms with Crippen molar-refractivity contribution in [2.24, 2.45) is 0 Å². The van der Waals surface area contributed by atoms with Crippen molar-refractivity contribution in [1.29, 1.82) is 0 Å². The van der Waals surface area contributed by atoms with Crippen LogP contribution in [0.4, 0.5) is 5.69 Å². The van der Waals surface area contributed by atoms with Crippen molar-refractivity contribution in [3.8, 4) is 5.75 Å². The van der Waals surface area contributed by atoms with Gasteiger partial charge in [0.15, 0.2) is 5.15 Å². The number of ether oxygens (including phenoxy) is 1. The van der Waals surface area contributed by atoms with Crippen LogP contribution in [-0.4, -0.2) is 20.5 Å². The van der Waals surface area contributed by atoms with Crippen LogP contribution >= 0.6 is 27.5 Å². The van der Waals surface area contributed by atoms with E-state index in [4.69, 9.17) is 16.3 Å². The average molecular weight is 378 g/mol. The van der Waals surface area contributed by atoms with Gasteiger partial charge in [0.05, 0.1) is 17.7 Å². The minimum absolute atomic E-state index is 0.0691. The molecule has 0 saturated carbocycles. The van der Waals surface area contributed by atoms with E-state index in [0.717, 1.165) is 0 Å². The van der Waals surface area contributed by atoms with E-state index in [2.05, 4.69) is 25.6 Å². The number of sulfonamides is 1. The first-order valence-corrected chi connectivity index (χ1v) is 8.06. The highest BCUT2D eigenvalue weighted by atomic mass is 79.9. The third-order valence-corrected chi connectivity index (χ3v) is 4.50. The normalized spacial score (nSPS) is 11.2. The van der Waals surface area contributed by atoms with Gasteiger partial charge in [0.1, 0.15) is 5.75 Å². The minimum atomic E-state index is -3.76. The van der Waals surface area contributed by atoms with Crippen LogP contribution in [-0.2, 0) is 10.0 Å². The maximum absolute atomic E-state index is 12.3. The Kier molecular flexibility index (Phi) is 4.52. The number of benzene rings is 1. The number of nitrogens with zero attached hydrogens (tertiary/aromatic N) is 1. The number of hydrogen-bond donors (Lipinski definition) is 1. The SMILES string of the molecule is COc1cccc(S(=O)(=O)Nc2cc(Br)cnc2Cl)c1. The molecule has 0 unspecified atom stereocenters. The number of pyridine rings is 1. The molecular weight excluding hydrogens is 368 g/mol. The molecule has 0 bridgehead atoms. The zero-order valence-corrected chi connectivity index (χ0v) is 13.5. The smallest absolute Gasteiger partial charge is 0.262 e. The molecule has 0 aliphatic heterocycles. The van der Waals surface area contributed by atoms with Crippen LogP contribution in [0, 0.1) is 0 Å². The van der Waals surface area contributed by atoms with Gasteiger partial charge >= 0.3 is 0 Å². The summed E-state index contributed by atoms with van der Waals surface area (Å²) in [4.78, 5) is 3.93. The second kappa shape index (κ2) is 5.99. The summed E-state index contributed by atoms with van der Waals surface area (Å²) >= 11 is 9.07. The van der Waals surface area contributed by atoms with E-state index in [1.807, 2.05) is 0 Å². The molecule has 0 amide bonds. The number of halogens is 2. The van der Waals surface area contributed by atoms with Crippen LogP contribution in [0.3, 0.4) is 0 Å². The Bertz CT molecular complexity index is 737. The Morgan fingerprint density at radius 3 is 2.80 bits per heavy atom. The summed E-state index contributed by atoms with van der Waals surface area (Å²) in [6, 6.07) is 7.67. The molecule has 0 aliphatic rings. The van der Waals surface area contributed by atoms with Crippen molar-refractivity contribution >= 4 is 43.2 Å². The molecular formula is C12H10BrClN2O3S. The molecule has 5 nitrogen and oxygen atoms in total. The molecule has 1 N–H and O–H groups in total. The fourth-order valence-electron chi connectivity index (χ4n) is 1.47. The van der Waals surface area contributed by atoms with Gasteiger partial charge in [-0.2, -0.15) is 0 Å². The molecule has 0 radical (unpaired) electrons. The Balaban J connectivity index is 2.38. The largest absolute Gasteiger partial charge is 0.497 e. The molecule has 8 heteroatoms. The Morgan fingerprint density at radius 1 is 1.35 bits per heavy atom. The highest BCUT2D eigenvalue weighted by molar-refractivity contribution is 9.10. The van der Waals surface area contributed by atoms with Gasteiger partial charge in [-0.25, -0.2) is 13.4 Å². The first-order valence-electron chi connectivity index (χ1n) is 5.40. The van der Waals surface area contributed by atoms with E-state index in [-0.39, 0.29) is 15.7 Å². The highest BCUT2D eigenvalue weighted by Crippen LogP contribution is 2.26. The van der Waals surface area contributed by atoms with Crippen molar-refractivity contribution in [1.82, 2.24) is 4.98 Å². The van der Waals surface area contributed by atoms with Gasteiger partial charge in [-0.3, -0.25) is 4.72 Å². The van der Waals surface area contributed by atoms with Gasteiger partial charge in [0.25, 0.3) is 10.0 Å². The molecule has 0 fully saturated rings.